The summed E-state index contributed by atoms with van der Waals surface area (Å²) in [6.07, 6.45) is 4.25. The second-order valence-corrected chi connectivity index (χ2v) is 8.17. The summed E-state index contributed by atoms with van der Waals surface area (Å²) in [4.78, 5) is 12.9. The topological polar surface area (TPSA) is 42.2 Å². The Balaban J connectivity index is 1.28. The number of nitrogens with zero attached hydrogens (tertiary/aromatic N) is 3. The van der Waals surface area contributed by atoms with Crippen molar-refractivity contribution in [3.63, 3.8) is 0 Å². The van der Waals surface area contributed by atoms with Gasteiger partial charge in [-0.15, -0.1) is 11.3 Å². The second kappa shape index (κ2) is 6.07. The van der Waals surface area contributed by atoms with Gasteiger partial charge in [0.2, 0.25) is 0 Å². The number of hydrogen-bond acceptors (Lipinski definition) is 5. The average Bonchev–Trinajstić information content (AvgIpc) is 3.06. The van der Waals surface area contributed by atoms with E-state index in [1.54, 1.807) is 11.3 Å². The summed E-state index contributed by atoms with van der Waals surface area (Å²) in [5, 5.41) is 2.07. The molecule has 1 saturated carbocycles. The van der Waals surface area contributed by atoms with Crippen LogP contribution in [0.2, 0.25) is 0 Å². The van der Waals surface area contributed by atoms with Crippen molar-refractivity contribution in [3.8, 4) is 10.7 Å². The minimum Gasteiger partial charge on any atom is -0.464 e. The van der Waals surface area contributed by atoms with E-state index in [1.165, 1.54) is 23.4 Å². The van der Waals surface area contributed by atoms with Gasteiger partial charge < -0.3 is 4.42 Å². The van der Waals surface area contributed by atoms with Crippen LogP contribution in [0.1, 0.15) is 42.0 Å². The first-order chi connectivity index (χ1) is 12.3. The molecule has 0 amide bonds. The minimum absolute atomic E-state index is 0.653. The van der Waals surface area contributed by atoms with Gasteiger partial charge in [0.25, 0.3) is 0 Å². The van der Waals surface area contributed by atoms with E-state index in [4.69, 9.17) is 9.40 Å². The maximum absolute atomic E-state index is 6.07. The molecule has 25 heavy (non-hydrogen) atoms. The van der Waals surface area contributed by atoms with E-state index in [0.717, 1.165) is 48.4 Å². The number of hydrogen-bond donors (Lipinski definition) is 0. The summed E-state index contributed by atoms with van der Waals surface area (Å²) in [5.74, 6) is 4.55. The van der Waals surface area contributed by atoms with Gasteiger partial charge in [0.15, 0.2) is 5.82 Å². The van der Waals surface area contributed by atoms with Gasteiger partial charge in [-0.3, -0.25) is 4.90 Å². The Bertz CT molecular complexity index is 886. The summed E-state index contributed by atoms with van der Waals surface area (Å²) in [7, 11) is 0. The number of rotatable bonds is 4. The predicted molar refractivity (Wildman–Crippen MR) is 98.4 cm³/mol. The molecule has 0 saturated heterocycles. The van der Waals surface area contributed by atoms with Crippen molar-refractivity contribution in [2.45, 2.75) is 38.8 Å². The molecule has 1 aliphatic heterocycles. The van der Waals surface area contributed by atoms with Crippen LogP contribution < -0.4 is 0 Å². The SMILES string of the molecule is CC1CC1c1ccc(CN2CCc3nc(-c4cccs4)ncc3C2)o1. The van der Waals surface area contributed by atoms with E-state index in [0.29, 0.717) is 5.92 Å². The highest BCUT2D eigenvalue weighted by Gasteiger charge is 2.36. The highest BCUT2D eigenvalue weighted by molar-refractivity contribution is 7.13. The number of fused-ring (bicyclic) bond motifs is 1. The third-order valence-corrected chi connectivity index (χ3v) is 6.16. The van der Waals surface area contributed by atoms with E-state index in [9.17, 15) is 0 Å². The zero-order valence-electron chi connectivity index (χ0n) is 14.3. The largest absolute Gasteiger partial charge is 0.464 e. The third kappa shape index (κ3) is 3.02. The summed E-state index contributed by atoms with van der Waals surface area (Å²) in [6, 6.07) is 8.44. The van der Waals surface area contributed by atoms with E-state index in [1.807, 2.05) is 12.3 Å². The van der Waals surface area contributed by atoms with E-state index in [-0.39, 0.29) is 0 Å². The van der Waals surface area contributed by atoms with Gasteiger partial charge in [-0.1, -0.05) is 13.0 Å². The van der Waals surface area contributed by atoms with Gasteiger partial charge in [0, 0.05) is 37.2 Å². The zero-order chi connectivity index (χ0) is 16.8. The molecule has 2 aliphatic rings. The Labute approximate surface area is 151 Å². The van der Waals surface area contributed by atoms with Gasteiger partial charge in [-0.2, -0.15) is 0 Å². The molecule has 0 N–H and O–H groups in total. The van der Waals surface area contributed by atoms with E-state index >= 15 is 0 Å². The molecule has 2 unspecified atom stereocenters. The molecule has 1 aliphatic carbocycles. The Morgan fingerprint density at radius 2 is 2.24 bits per heavy atom. The fourth-order valence-electron chi connectivity index (χ4n) is 3.65. The van der Waals surface area contributed by atoms with Crippen molar-refractivity contribution in [2.24, 2.45) is 5.92 Å². The Kier molecular flexibility index (Phi) is 3.71. The molecule has 0 aromatic carbocycles. The lowest BCUT2D eigenvalue weighted by Gasteiger charge is -2.27. The molecule has 5 rings (SSSR count). The van der Waals surface area contributed by atoms with Crippen molar-refractivity contribution in [1.82, 2.24) is 14.9 Å². The average molecular weight is 351 g/mol. The molecule has 0 bridgehead atoms. The van der Waals surface area contributed by atoms with Gasteiger partial charge in [-0.05, 0) is 35.9 Å². The number of aromatic nitrogens is 2. The monoisotopic (exact) mass is 351 g/mol. The fourth-order valence-corrected chi connectivity index (χ4v) is 4.32. The minimum atomic E-state index is 0.653. The summed E-state index contributed by atoms with van der Waals surface area (Å²) in [6.45, 7) is 5.08. The van der Waals surface area contributed by atoms with Crippen molar-refractivity contribution in [1.29, 1.82) is 0 Å². The van der Waals surface area contributed by atoms with E-state index < -0.39 is 0 Å². The van der Waals surface area contributed by atoms with Crippen LogP contribution in [0.15, 0.2) is 40.3 Å². The first-order valence-electron chi connectivity index (χ1n) is 8.96. The predicted octanol–water partition coefficient (Wildman–Crippen LogP) is 4.48. The molecule has 128 valence electrons. The molecule has 1 fully saturated rings. The van der Waals surface area contributed by atoms with Crippen molar-refractivity contribution in [3.05, 3.63) is 58.6 Å². The summed E-state index contributed by atoms with van der Waals surface area (Å²) >= 11 is 1.69. The van der Waals surface area contributed by atoms with Crippen LogP contribution in [-0.2, 0) is 19.5 Å². The molecule has 0 spiro atoms. The molecule has 0 radical (unpaired) electrons. The molecule has 3 aromatic rings. The lowest BCUT2D eigenvalue weighted by atomic mass is 10.1. The Hall–Kier alpha value is -1.98. The summed E-state index contributed by atoms with van der Waals surface area (Å²) in [5.41, 5.74) is 2.44. The number of furan rings is 1. The van der Waals surface area contributed by atoms with Crippen molar-refractivity contribution in [2.75, 3.05) is 6.54 Å². The van der Waals surface area contributed by atoms with Gasteiger partial charge >= 0.3 is 0 Å². The summed E-state index contributed by atoms with van der Waals surface area (Å²) < 4.78 is 6.07. The highest BCUT2D eigenvalue weighted by Crippen LogP contribution is 2.47. The van der Waals surface area contributed by atoms with Crippen molar-refractivity contribution < 1.29 is 4.42 Å². The highest BCUT2D eigenvalue weighted by atomic mass is 32.1. The first-order valence-corrected chi connectivity index (χ1v) is 9.84. The van der Waals surface area contributed by atoms with Crippen LogP contribution >= 0.6 is 11.3 Å². The van der Waals surface area contributed by atoms with Crippen LogP contribution in [-0.4, -0.2) is 21.4 Å². The third-order valence-electron chi connectivity index (χ3n) is 5.29. The molecular formula is C20H21N3OS. The lowest BCUT2D eigenvalue weighted by molar-refractivity contribution is 0.221. The fraction of sp³-hybridized carbons (Fsp3) is 0.400. The zero-order valence-corrected chi connectivity index (χ0v) is 15.1. The standard InChI is InChI=1S/C20H21N3OS/c1-13-9-16(13)18-5-4-15(24-18)12-23-7-6-17-14(11-23)10-21-20(22-17)19-3-2-8-25-19/h2-5,8,10,13,16H,6-7,9,11-12H2,1H3. The van der Waals surface area contributed by atoms with Crippen LogP contribution in [0.5, 0.6) is 0 Å². The van der Waals surface area contributed by atoms with E-state index in [2.05, 4.69) is 40.4 Å². The van der Waals surface area contributed by atoms with Gasteiger partial charge in [0.05, 0.1) is 17.1 Å². The lowest BCUT2D eigenvalue weighted by Crippen LogP contribution is -2.30. The first kappa shape index (κ1) is 15.3. The van der Waals surface area contributed by atoms with Crippen LogP contribution in [0, 0.1) is 5.92 Å². The van der Waals surface area contributed by atoms with Crippen LogP contribution in [0.3, 0.4) is 0 Å². The Morgan fingerprint density at radius 1 is 1.32 bits per heavy atom. The molecule has 4 nitrogen and oxygen atoms in total. The molecular weight excluding hydrogens is 330 g/mol. The quantitative estimate of drug-likeness (QED) is 0.695. The molecule has 4 heterocycles. The van der Waals surface area contributed by atoms with Gasteiger partial charge in [0.1, 0.15) is 11.5 Å². The normalized spacial score (nSPS) is 22.8. The van der Waals surface area contributed by atoms with Gasteiger partial charge in [-0.25, -0.2) is 9.97 Å². The van der Waals surface area contributed by atoms with Crippen LogP contribution in [0.25, 0.3) is 10.7 Å². The molecule has 5 heteroatoms. The maximum atomic E-state index is 6.07. The second-order valence-electron chi connectivity index (χ2n) is 7.23. The van der Waals surface area contributed by atoms with Crippen LogP contribution in [0.4, 0.5) is 0 Å². The smallest absolute Gasteiger partial charge is 0.169 e. The maximum Gasteiger partial charge on any atom is 0.169 e. The van der Waals surface area contributed by atoms with Crippen molar-refractivity contribution >= 4 is 11.3 Å². The Morgan fingerprint density at radius 3 is 3.04 bits per heavy atom. The molecule has 2 atom stereocenters. The number of thiophene rings is 1. The molecule has 3 aromatic heterocycles.